The second kappa shape index (κ2) is 20.3. The Labute approximate surface area is 455 Å². The van der Waals surface area contributed by atoms with E-state index in [1.807, 2.05) is 6.07 Å². The smallest absolute Gasteiger partial charge is 0.335 e. The van der Waals surface area contributed by atoms with Crippen LogP contribution in [-0.2, 0) is 23.7 Å². The Morgan fingerprint density at radius 1 is 0.551 bits per heavy atom. The molecule has 25 atom stereocenters. The number of hydrogen-bond donors (Lipinski definition) is 9. The molecule has 8 aliphatic carbocycles. The fourth-order valence-corrected chi connectivity index (χ4v) is 18.8. The molecule has 2 saturated heterocycles. The molecule has 0 aromatic carbocycles. The molecule has 0 bridgehead atoms. The van der Waals surface area contributed by atoms with Crippen LogP contribution in [0.25, 0.3) is 0 Å². The van der Waals surface area contributed by atoms with Gasteiger partial charge in [-0.25, -0.2) is 9.59 Å². The maximum absolute atomic E-state index is 13.0. The van der Waals surface area contributed by atoms with Gasteiger partial charge < -0.3 is 78.5 Å². The molecule has 18 nitrogen and oxygen atoms in total. The Balaban J connectivity index is 0.000000166. The van der Waals surface area contributed by atoms with Crippen LogP contribution in [0.2, 0.25) is 0 Å². The summed E-state index contributed by atoms with van der Waals surface area (Å²) in [6, 6.07) is 6.57. The van der Waals surface area contributed by atoms with E-state index in [2.05, 4.69) is 26.8 Å². The van der Waals surface area contributed by atoms with Crippen LogP contribution in [0.3, 0.4) is 0 Å². The number of allylic oxidation sites excluding steroid dienone is 1. The third-order valence-corrected chi connectivity index (χ3v) is 23.5. The number of fused-ring (bicyclic) bond motifs is 10. The zero-order valence-electron chi connectivity index (χ0n) is 45.7. The molecule has 10 unspecified atom stereocenters. The van der Waals surface area contributed by atoms with Crippen molar-refractivity contribution in [1.82, 2.24) is 0 Å². The van der Waals surface area contributed by atoms with Crippen molar-refractivity contribution in [2.24, 2.45) is 45.3 Å². The molecule has 18 heteroatoms. The first-order valence-corrected chi connectivity index (χ1v) is 29.1. The van der Waals surface area contributed by atoms with Crippen LogP contribution in [0.5, 0.6) is 0 Å². The van der Waals surface area contributed by atoms with Crippen LogP contribution in [-0.4, -0.2) is 143 Å². The van der Waals surface area contributed by atoms with Gasteiger partial charge in [0.1, 0.15) is 42.9 Å². The van der Waals surface area contributed by atoms with Crippen molar-refractivity contribution in [2.45, 2.75) is 246 Å². The molecular formula is C60H84O18. The van der Waals surface area contributed by atoms with Crippen LogP contribution in [0.4, 0.5) is 0 Å². The summed E-state index contributed by atoms with van der Waals surface area (Å²) in [4.78, 5) is 36.1. The quantitative estimate of drug-likeness (QED) is 0.105. The minimum Gasteiger partial charge on any atom is -0.431 e. The first-order valence-electron chi connectivity index (χ1n) is 29.1. The second-order valence-electron chi connectivity index (χ2n) is 26.6. The lowest BCUT2D eigenvalue weighted by Crippen LogP contribution is -2.69. The summed E-state index contributed by atoms with van der Waals surface area (Å²) in [5.74, 6) is 0.438. The molecule has 12 rings (SSSR count). The average Bonchev–Trinajstić information content (AvgIpc) is 3.09. The topological polar surface area (TPSA) is 296 Å². The fraction of sp³-hybridized carbons (Fsp3) is 0.783. The standard InChI is InChI=1S/C30H42O10.C30H42O8/c1-16-23(33)24(34)25(35)26(39-16)40-18-5-10-28(15-31)20-6-9-27(2)19(17-3-4-22(32)38-14-17)8-12-30(27,37)21(20)7-11-29(28,36)13-18;1-16-24(32)25(33)26(34)27(37-16)38-19-8-11-28(2)18(14-19)5-6-22-21(28)9-12-29(3)20(10-13-30(22,29)35)17-4-7-23(31)36-15-17/h3-4,14-16,18-21,23-26,33-37H,5-13H2,1-2H3;4,7,14-16,19-22,24-27,32-35H,5-6,8-13H2,1-3H3/t16-,18?,19?,20?,21?,23-,24+,25+,26-,27?,28?,29?,30?;16-,19-,20+,21?,22?,24-,25+,26+,27-,28-,29+,30-/m00/s1. The lowest BCUT2D eigenvalue weighted by atomic mass is 9.41. The van der Waals surface area contributed by atoms with E-state index in [1.165, 1.54) is 24.0 Å². The number of aliphatic hydroxyl groups excluding tert-OH is 6. The molecule has 2 aromatic heterocycles. The highest BCUT2D eigenvalue weighted by atomic mass is 16.7. The van der Waals surface area contributed by atoms with Gasteiger partial charge in [0.15, 0.2) is 12.6 Å². The molecule has 432 valence electrons. The van der Waals surface area contributed by atoms with Crippen molar-refractivity contribution in [3.8, 4) is 0 Å². The Morgan fingerprint density at radius 2 is 1.06 bits per heavy atom. The maximum atomic E-state index is 13.0. The van der Waals surface area contributed by atoms with E-state index in [-0.39, 0.29) is 58.6 Å². The number of ether oxygens (including phenoxy) is 4. The number of aliphatic hydroxyl groups is 9. The Morgan fingerprint density at radius 3 is 1.59 bits per heavy atom. The van der Waals surface area contributed by atoms with Crippen LogP contribution < -0.4 is 11.3 Å². The zero-order chi connectivity index (χ0) is 55.7. The van der Waals surface area contributed by atoms with Gasteiger partial charge in [0, 0.05) is 29.4 Å². The lowest BCUT2D eigenvalue weighted by Gasteiger charge is -2.65. The van der Waals surface area contributed by atoms with Gasteiger partial charge >= 0.3 is 11.3 Å². The van der Waals surface area contributed by atoms with Crippen molar-refractivity contribution in [2.75, 3.05) is 0 Å². The Kier molecular flexibility index (Phi) is 14.7. The monoisotopic (exact) mass is 1090 g/mol. The molecule has 7 saturated carbocycles. The van der Waals surface area contributed by atoms with Crippen molar-refractivity contribution in [3.63, 3.8) is 0 Å². The van der Waals surface area contributed by atoms with E-state index in [0.717, 1.165) is 75.2 Å². The van der Waals surface area contributed by atoms with Crippen molar-refractivity contribution in [1.29, 1.82) is 0 Å². The van der Waals surface area contributed by atoms with Crippen molar-refractivity contribution >= 4 is 6.29 Å². The third-order valence-electron chi connectivity index (χ3n) is 23.5. The van der Waals surface area contributed by atoms with Gasteiger partial charge in [-0.3, -0.25) is 0 Å². The number of carbonyl (C=O) groups excluding carboxylic acids is 1. The van der Waals surface area contributed by atoms with Gasteiger partial charge in [0.25, 0.3) is 0 Å². The van der Waals surface area contributed by atoms with Gasteiger partial charge in [0.05, 0.1) is 59.2 Å². The highest BCUT2D eigenvalue weighted by Gasteiger charge is 2.72. The highest BCUT2D eigenvalue weighted by molar-refractivity contribution is 5.64. The number of aldehydes is 1. The molecule has 2 aromatic rings. The Hall–Kier alpha value is -3.21. The van der Waals surface area contributed by atoms with Crippen LogP contribution in [0, 0.1) is 45.3 Å². The van der Waals surface area contributed by atoms with E-state index >= 15 is 0 Å². The summed E-state index contributed by atoms with van der Waals surface area (Å²) in [5, 5.41) is 98.1. The lowest BCUT2D eigenvalue weighted by molar-refractivity contribution is -0.317. The van der Waals surface area contributed by atoms with E-state index in [0.29, 0.717) is 50.9 Å². The molecule has 0 radical (unpaired) electrons. The Bertz CT molecular complexity index is 2650. The summed E-state index contributed by atoms with van der Waals surface area (Å²) in [7, 11) is 0. The molecule has 78 heavy (non-hydrogen) atoms. The summed E-state index contributed by atoms with van der Waals surface area (Å²) >= 11 is 0. The van der Waals surface area contributed by atoms with E-state index in [9.17, 15) is 60.3 Å². The molecule has 2 aliphatic heterocycles. The summed E-state index contributed by atoms with van der Waals surface area (Å²) < 4.78 is 33.9. The van der Waals surface area contributed by atoms with E-state index < -0.39 is 101 Å². The molecular weight excluding hydrogens is 1010 g/mol. The van der Waals surface area contributed by atoms with Gasteiger partial charge in [-0.2, -0.15) is 0 Å². The van der Waals surface area contributed by atoms with Crippen molar-refractivity contribution in [3.05, 3.63) is 80.4 Å². The molecule has 0 amide bonds. The minimum absolute atomic E-state index is 0.0213. The zero-order valence-corrected chi connectivity index (χ0v) is 45.7. The third kappa shape index (κ3) is 8.61. The van der Waals surface area contributed by atoms with Crippen LogP contribution in [0.1, 0.15) is 167 Å². The largest absolute Gasteiger partial charge is 0.431 e. The molecule has 9 N–H and O–H groups in total. The summed E-state index contributed by atoms with van der Waals surface area (Å²) in [6.07, 6.45) is 5.88. The van der Waals surface area contributed by atoms with E-state index in [1.54, 1.807) is 26.2 Å². The minimum atomic E-state index is -1.44. The van der Waals surface area contributed by atoms with Gasteiger partial charge in [0.2, 0.25) is 0 Å². The maximum Gasteiger partial charge on any atom is 0.335 e. The predicted molar refractivity (Wildman–Crippen MR) is 278 cm³/mol. The first kappa shape index (κ1) is 56.6. The highest BCUT2D eigenvalue weighted by Crippen LogP contribution is 2.72. The second-order valence-corrected chi connectivity index (χ2v) is 26.6. The fourth-order valence-electron chi connectivity index (χ4n) is 18.8. The number of carbonyl (C=O) groups is 1. The molecule has 9 fully saturated rings. The van der Waals surface area contributed by atoms with E-state index in [4.69, 9.17) is 27.8 Å². The molecule has 0 spiro atoms. The van der Waals surface area contributed by atoms with Crippen LogP contribution in [0.15, 0.2) is 66.9 Å². The average molecular weight is 1090 g/mol. The first-order chi connectivity index (χ1) is 36.9. The summed E-state index contributed by atoms with van der Waals surface area (Å²) in [5.41, 5.74) is -2.35. The van der Waals surface area contributed by atoms with Crippen LogP contribution >= 0.6 is 0 Å². The van der Waals surface area contributed by atoms with Gasteiger partial charge in [-0.05, 0) is 181 Å². The molecule has 4 heterocycles. The van der Waals surface area contributed by atoms with Gasteiger partial charge in [-0.1, -0.05) is 32.4 Å². The van der Waals surface area contributed by atoms with Crippen molar-refractivity contribution < 1.29 is 78.5 Å². The van der Waals surface area contributed by atoms with Gasteiger partial charge in [-0.15, -0.1) is 0 Å². The number of rotatable bonds is 7. The SMILES string of the molecule is C[C@@H]1O[C@@H](OC2CCC3(C=O)C4CCC5(C)C(c6ccc(=O)oc6)CCC5(O)C4CCC3(O)C2)[C@H](O)[C@H](O)[C@H]1O.C[C@@H]1O[C@@H](O[C@@H]2C=C3CCC4C(CC[C@]5(C)[C@@H](c6ccc(=O)oc6)CC[C@]45O)[C@@]3(C)CC2)[C@H](O)[C@H](O)[C@H]1O. The summed E-state index contributed by atoms with van der Waals surface area (Å²) in [6.45, 7) is 9.96. The predicted octanol–water partition coefficient (Wildman–Crippen LogP) is 4.40. The number of hydrogen-bond acceptors (Lipinski definition) is 18. The molecule has 10 aliphatic rings. The normalized spacial score (nSPS) is 51.4.